The van der Waals surface area contributed by atoms with E-state index in [1.807, 2.05) is 47.6 Å². The molecular weight excluding hydrogens is 859 g/mol. The molecule has 3 heterocycles. The number of carbonyl (C=O) groups is 1. The van der Waals surface area contributed by atoms with E-state index < -0.39 is 0 Å². The molecule has 0 aliphatic rings. The molecule has 6 rings (SSSR count). The number of hydrogen-bond acceptors (Lipinski definition) is 5. The molecular formula is C49H60IrNO4-. The van der Waals surface area contributed by atoms with Crippen LogP contribution in [0.5, 0.6) is 0 Å². The van der Waals surface area contributed by atoms with Gasteiger partial charge in [-0.3, -0.25) is 9.78 Å². The second-order valence-corrected chi connectivity index (χ2v) is 17.0. The van der Waals surface area contributed by atoms with E-state index in [1.165, 1.54) is 22.6 Å². The van der Waals surface area contributed by atoms with Crippen LogP contribution in [0.3, 0.4) is 0 Å². The summed E-state index contributed by atoms with van der Waals surface area (Å²) < 4.78 is 12.2. The van der Waals surface area contributed by atoms with E-state index in [1.54, 1.807) is 6.26 Å². The fourth-order valence-corrected chi connectivity index (χ4v) is 6.99. The number of carbonyl (C=O) groups excluding carboxylic acids is 1. The predicted molar refractivity (Wildman–Crippen MR) is 226 cm³/mol. The fourth-order valence-electron chi connectivity index (χ4n) is 6.99. The van der Waals surface area contributed by atoms with Crippen molar-refractivity contribution in [2.45, 2.75) is 121 Å². The van der Waals surface area contributed by atoms with Crippen molar-refractivity contribution in [2.75, 3.05) is 0 Å². The van der Waals surface area contributed by atoms with Gasteiger partial charge in [0.2, 0.25) is 0 Å². The molecule has 1 radical (unpaired) electrons. The van der Waals surface area contributed by atoms with Gasteiger partial charge in [0.05, 0.1) is 6.26 Å². The first kappa shape index (κ1) is 43.7. The van der Waals surface area contributed by atoms with Crippen molar-refractivity contribution in [3.8, 4) is 22.4 Å². The van der Waals surface area contributed by atoms with Crippen LogP contribution in [-0.4, -0.2) is 15.9 Å². The van der Waals surface area contributed by atoms with Gasteiger partial charge in [-0.15, -0.1) is 29.1 Å². The number of aliphatic hydroxyl groups excluding tert-OH is 1. The largest absolute Gasteiger partial charge is 0.512 e. The second kappa shape index (κ2) is 17.4. The summed E-state index contributed by atoms with van der Waals surface area (Å²) in [7, 11) is 0. The van der Waals surface area contributed by atoms with Gasteiger partial charge in [0, 0.05) is 66.1 Å². The Morgan fingerprint density at radius 1 is 0.873 bits per heavy atom. The molecule has 0 aliphatic heterocycles. The summed E-state index contributed by atoms with van der Waals surface area (Å²) in [5.74, 6) is 1.90. The van der Waals surface area contributed by atoms with E-state index >= 15 is 0 Å². The Morgan fingerprint density at radius 3 is 2.15 bits per heavy atom. The number of aliphatic hydroxyl groups is 1. The van der Waals surface area contributed by atoms with Gasteiger partial charge in [-0.05, 0) is 67.2 Å². The summed E-state index contributed by atoms with van der Waals surface area (Å²) in [5, 5.41) is 13.6. The first-order valence-electron chi connectivity index (χ1n) is 19.8. The molecule has 6 heteroatoms. The van der Waals surface area contributed by atoms with Gasteiger partial charge in [0.25, 0.3) is 0 Å². The first-order chi connectivity index (χ1) is 25.5. The van der Waals surface area contributed by atoms with E-state index in [9.17, 15) is 9.90 Å². The number of fused-ring (bicyclic) bond motifs is 3. The Kier molecular flexibility index (Phi) is 13.9. The average molecular weight is 919 g/mol. The number of pyridine rings is 1. The SMILES string of the molecule is CCC(C)(CC)C(=O)/C=C(\O)C(C)(CC)CC.Cc1c(CC(C)C)oc2ccc(-c3cc(-c4[c-]c5ccccc5c(C(C)(C)C)c4)nc4ccoc34)cc12.[Ir]. The maximum atomic E-state index is 12.2. The Labute approximate surface area is 342 Å². The van der Waals surface area contributed by atoms with E-state index in [0.29, 0.717) is 5.92 Å². The number of hydrogen-bond donors (Lipinski definition) is 1. The van der Waals surface area contributed by atoms with Gasteiger partial charge in [0.1, 0.15) is 22.6 Å². The van der Waals surface area contributed by atoms with Crippen LogP contribution in [0.4, 0.5) is 0 Å². The van der Waals surface area contributed by atoms with Crippen LogP contribution in [0.15, 0.2) is 87.6 Å². The molecule has 5 nitrogen and oxygen atoms in total. The van der Waals surface area contributed by atoms with Crippen LogP contribution in [0.25, 0.3) is 55.2 Å². The van der Waals surface area contributed by atoms with Crippen molar-refractivity contribution < 1.29 is 38.8 Å². The summed E-state index contributed by atoms with van der Waals surface area (Å²) in [4.78, 5) is 17.2. The molecule has 3 aromatic heterocycles. The first-order valence-corrected chi connectivity index (χ1v) is 19.8. The molecule has 6 aromatic rings. The van der Waals surface area contributed by atoms with Crippen LogP contribution < -0.4 is 0 Å². The predicted octanol–water partition coefficient (Wildman–Crippen LogP) is 14.3. The minimum Gasteiger partial charge on any atom is -0.512 e. The number of nitrogens with zero attached hydrogens (tertiary/aromatic N) is 1. The third-order valence-electron chi connectivity index (χ3n) is 11.8. The standard InChI is InChI=1S/C34H32NO2.C15H28O2.Ir/c1-20(2)15-32-21(3)26-17-23(11-12-31(26)37-32)27-19-30(35-29-13-14-36-33(27)29)24-16-22-9-7-8-10-25(22)28(18-24)34(4,5)6;1-7-14(5,8-2)12(16)11-13(17)15(6,9-3)10-4;/h7-14,17-20H,15H2,1-6H3;11,16H,7-10H2,1-6H3;/q-1;;/b;12-11-;. The molecule has 0 saturated carbocycles. The van der Waals surface area contributed by atoms with Crippen molar-refractivity contribution in [2.24, 2.45) is 16.7 Å². The van der Waals surface area contributed by atoms with E-state index in [-0.39, 0.29) is 47.9 Å². The number of rotatable bonds is 11. The van der Waals surface area contributed by atoms with Crippen LogP contribution >= 0.6 is 0 Å². The summed E-state index contributed by atoms with van der Waals surface area (Å²) in [6.07, 6.45) is 7.41. The molecule has 0 fully saturated rings. The molecule has 0 atom stereocenters. The zero-order valence-electron chi connectivity index (χ0n) is 35.0. The van der Waals surface area contributed by atoms with E-state index in [0.717, 1.165) is 87.7 Å². The van der Waals surface area contributed by atoms with Crippen LogP contribution in [-0.2, 0) is 36.7 Å². The summed E-state index contributed by atoms with van der Waals surface area (Å²) in [6, 6.07) is 24.9. The molecule has 0 amide bonds. The third-order valence-corrected chi connectivity index (χ3v) is 11.8. The van der Waals surface area contributed by atoms with Crippen LogP contribution in [0.2, 0.25) is 0 Å². The topological polar surface area (TPSA) is 76.5 Å². The molecule has 0 unspecified atom stereocenters. The van der Waals surface area contributed by atoms with Crippen molar-refractivity contribution >= 4 is 38.6 Å². The molecule has 3 aromatic carbocycles. The molecule has 1 N–H and O–H groups in total. The average Bonchev–Trinajstić information content (AvgIpc) is 3.76. The Bertz CT molecular complexity index is 2290. The number of aryl methyl sites for hydroxylation is 1. The third kappa shape index (κ3) is 9.19. The van der Waals surface area contributed by atoms with Crippen molar-refractivity contribution in [1.82, 2.24) is 4.98 Å². The Hall–Kier alpha value is -3.99. The molecule has 0 aliphatic carbocycles. The summed E-state index contributed by atoms with van der Waals surface area (Å²) >= 11 is 0. The minimum absolute atomic E-state index is 0. The van der Waals surface area contributed by atoms with Gasteiger partial charge in [-0.1, -0.05) is 117 Å². The monoisotopic (exact) mass is 919 g/mol. The van der Waals surface area contributed by atoms with E-state index in [2.05, 4.69) is 102 Å². The van der Waals surface area contributed by atoms with Crippen molar-refractivity contribution in [3.05, 3.63) is 102 Å². The van der Waals surface area contributed by atoms with Gasteiger partial charge in [-0.25, -0.2) is 0 Å². The zero-order chi connectivity index (χ0) is 39.6. The maximum Gasteiger partial charge on any atom is 0.164 e. The molecule has 55 heavy (non-hydrogen) atoms. The minimum atomic E-state index is -0.337. The van der Waals surface area contributed by atoms with Gasteiger partial charge < -0.3 is 13.9 Å². The Balaban J connectivity index is 0.000000320. The summed E-state index contributed by atoms with van der Waals surface area (Å²) in [5.41, 5.74) is 8.47. The number of allylic oxidation sites excluding steroid dienone is 2. The normalized spacial score (nSPS) is 12.6. The maximum absolute atomic E-state index is 12.2. The van der Waals surface area contributed by atoms with E-state index in [4.69, 9.17) is 13.8 Å². The smallest absolute Gasteiger partial charge is 0.164 e. The Morgan fingerprint density at radius 2 is 1.53 bits per heavy atom. The fraction of sp³-hybridized carbons (Fsp3) is 0.429. The quantitative estimate of drug-likeness (QED) is 0.0796. The zero-order valence-corrected chi connectivity index (χ0v) is 37.4. The van der Waals surface area contributed by atoms with Crippen molar-refractivity contribution in [3.63, 3.8) is 0 Å². The van der Waals surface area contributed by atoms with Crippen LogP contribution in [0.1, 0.15) is 119 Å². The molecule has 0 spiro atoms. The van der Waals surface area contributed by atoms with Crippen molar-refractivity contribution in [1.29, 1.82) is 0 Å². The van der Waals surface area contributed by atoms with Gasteiger partial charge >= 0.3 is 0 Å². The molecule has 0 bridgehead atoms. The van der Waals surface area contributed by atoms with Gasteiger partial charge in [-0.2, -0.15) is 0 Å². The number of benzene rings is 3. The number of aromatic nitrogens is 1. The van der Waals surface area contributed by atoms with Crippen LogP contribution in [0, 0.1) is 29.7 Å². The number of ketones is 1. The second-order valence-electron chi connectivity index (χ2n) is 17.0. The molecule has 295 valence electrons. The number of furan rings is 2. The summed E-state index contributed by atoms with van der Waals surface area (Å²) in [6.45, 7) is 25.5. The van der Waals surface area contributed by atoms with Gasteiger partial charge in [0.15, 0.2) is 11.4 Å². The molecule has 0 saturated heterocycles.